The molecule has 3 heteroatoms. The maximum atomic E-state index is 6.58. The van der Waals surface area contributed by atoms with Crippen molar-refractivity contribution in [2.75, 3.05) is 4.90 Å². The lowest BCUT2D eigenvalue weighted by Gasteiger charge is -2.35. The summed E-state index contributed by atoms with van der Waals surface area (Å²) in [4.78, 5) is 2.41. The summed E-state index contributed by atoms with van der Waals surface area (Å²) in [5, 5.41) is 4.46. The molecule has 0 radical (unpaired) electrons. The lowest BCUT2D eigenvalue weighted by molar-refractivity contribution is 0.669. The van der Waals surface area contributed by atoms with Gasteiger partial charge in [-0.25, -0.2) is 0 Å². The van der Waals surface area contributed by atoms with Gasteiger partial charge in [0.05, 0.1) is 5.41 Å². The van der Waals surface area contributed by atoms with E-state index in [9.17, 15) is 0 Å². The van der Waals surface area contributed by atoms with Gasteiger partial charge in [0.1, 0.15) is 22.3 Å². The normalized spacial score (nSPS) is 13.7. The predicted molar refractivity (Wildman–Crippen MR) is 340 cm³/mol. The summed E-state index contributed by atoms with van der Waals surface area (Å²) in [5.74, 6) is 0. The Morgan fingerprint density at radius 2 is 0.634 bits per heavy atom. The van der Waals surface area contributed by atoms with E-state index >= 15 is 0 Å². The molecule has 1 atom stereocenters. The van der Waals surface area contributed by atoms with Gasteiger partial charge in [-0.15, -0.1) is 0 Å². The van der Waals surface area contributed by atoms with E-state index in [1.807, 2.05) is 24.3 Å². The second-order valence-corrected chi connectivity index (χ2v) is 21.5. The monoisotopic (exact) mass is 1050 g/mol. The Morgan fingerprint density at radius 1 is 0.244 bits per heavy atom. The van der Waals surface area contributed by atoms with Crippen LogP contribution in [0, 0.1) is 0 Å². The van der Waals surface area contributed by atoms with Crippen LogP contribution < -0.4 is 4.90 Å². The van der Waals surface area contributed by atoms with Gasteiger partial charge >= 0.3 is 0 Å². The van der Waals surface area contributed by atoms with Crippen LogP contribution in [0.1, 0.15) is 22.3 Å². The molecule has 0 aliphatic heterocycles. The average molecular weight is 1050 g/mol. The molecule has 0 bridgehead atoms. The Hall–Kier alpha value is -10.7. The van der Waals surface area contributed by atoms with Crippen molar-refractivity contribution in [2.45, 2.75) is 5.41 Å². The van der Waals surface area contributed by atoms with Crippen LogP contribution in [-0.4, -0.2) is 0 Å². The van der Waals surface area contributed by atoms with E-state index in [4.69, 9.17) is 8.83 Å². The molecule has 16 rings (SSSR count). The number of nitrogens with zero attached hydrogens (tertiary/aromatic N) is 1. The highest BCUT2D eigenvalue weighted by Crippen LogP contribution is 2.60. The molecule has 0 spiro atoms. The van der Waals surface area contributed by atoms with Crippen molar-refractivity contribution in [3.05, 3.63) is 332 Å². The number of benzene rings is 13. The highest BCUT2D eigenvalue weighted by Gasteiger charge is 2.47. The molecule has 82 heavy (non-hydrogen) atoms. The second kappa shape index (κ2) is 19.3. The molecule has 13 aromatic carbocycles. The number of furan rings is 2. The molecule has 1 aliphatic carbocycles. The Kier molecular flexibility index (Phi) is 11.1. The van der Waals surface area contributed by atoms with Crippen molar-refractivity contribution in [1.29, 1.82) is 0 Å². The van der Waals surface area contributed by atoms with E-state index < -0.39 is 5.41 Å². The smallest absolute Gasteiger partial charge is 0.143 e. The Bertz CT molecular complexity index is 4710. The van der Waals surface area contributed by atoms with Gasteiger partial charge in [-0.3, -0.25) is 0 Å². The minimum absolute atomic E-state index is 0.701. The average Bonchev–Trinajstić information content (AvgIpc) is 2.66. The second-order valence-electron chi connectivity index (χ2n) is 21.5. The first-order valence-electron chi connectivity index (χ1n) is 28.1. The molecule has 2 aromatic heterocycles. The van der Waals surface area contributed by atoms with Crippen molar-refractivity contribution >= 4 is 60.9 Å². The lowest BCUT2D eigenvalue weighted by Crippen LogP contribution is -2.28. The van der Waals surface area contributed by atoms with Gasteiger partial charge in [0.15, 0.2) is 0 Å². The van der Waals surface area contributed by atoms with Crippen molar-refractivity contribution < 1.29 is 8.83 Å². The van der Waals surface area contributed by atoms with Crippen LogP contribution in [0.15, 0.2) is 318 Å². The van der Waals surface area contributed by atoms with Gasteiger partial charge < -0.3 is 13.7 Å². The number of fused-ring (bicyclic) bond motifs is 9. The summed E-state index contributed by atoms with van der Waals surface area (Å²) in [6.45, 7) is 0. The Labute approximate surface area is 475 Å². The molecule has 0 amide bonds. The van der Waals surface area contributed by atoms with Crippen LogP contribution in [-0.2, 0) is 5.41 Å². The lowest BCUT2D eigenvalue weighted by atomic mass is 9.67. The van der Waals surface area contributed by atoms with Crippen molar-refractivity contribution in [3.63, 3.8) is 0 Å². The zero-order chi connectivity index (χ0) is 54.1. The van der Waals surface area contributed by atoms with Gasteiger partial charge in [0, 0.05) is 49.7 Å². The topological polar surface area (TPSA) is 29.5 Å². The summed E-state index contributed by atoms with van der Waals surface area (Å²) in [6, 6.07) is 113. The van der Waals surface area contributed by atoms with Gasteiger partial charge in [-0.2, -0.15) is 0 Å². The maximum Gasteiger partial charge on any atom is 0.143 e. The maximum absolute atomic E-state index is 6.58. The first-order chi connectivity index (χ1) is 40.7. The first-order valence-corrected chi connectivity index (χ1v) is 28.1. The highest BCUT2D eigenvalue weighted by atomic mass is 16.3. The van der Waals surface area contributed by atoms with Gasteiger partial charge in [0.25, 0.3) is 0 Å². The molecule has 384 valence electrons. The molecule has 0 fully saturated rings. The van der Waals surface area contributed by atoms with Crippen molar-refractivity contribution in [3.8, 4) is 66.8 Å². The Balaban J connectivity index is 0.902. The predicted octanol–water partition coefficient (Wildman–Crippen LogP) is 21.7. The van der Waals surface area contributed by atoms with E-state index in [1.54, 1.807) is 0 Å². The third kappa shape index (κ3) is 7.59. The van der Waals surface area contributed by atoms with E-state index in [1.165, 1.54) is 66.8 Å². The van der Waals surface area contributed by atoms with Crippen LogP contribution in [0.2, 0.25) is 0 Å². The molecule has 0 saturated carbocycles. The molecule has 3 nitrogen and oxygen atoms in total. The quantitative estimate of drug-likeness (QED) is 0.137. The highest BCUT2D eigenvalue weighted by molar-refractivity contribution is 6.11. The molecule has 1 unspecified atom stereocenters. The fourth-order valence-electron chi connectivity index (χ4n) is 13.2. The minimum atomic E-state index is -0.701. The van der Waals surface area contributed by atoms with Crippen LogP contribution in [0.25, 0.3) is 111 Å². The van der Waals surface area contributed by atoms with E-state index in [0.29, 0.717) is 0 Å². The van der Waals surface area contributed by atoms with Crippen LogP contribution in [0.5, 0.6) is 0 Å². The number of hydrogen-bond acceptors (Lipinski definition) is 3. The molecule has 0 N–H and O–H groups in total. The fourth-order valence-corrected chi connectivity index (χ4v) is 13.2. The standard InChI is InChI=1S/C79H51NO2/c1-4-17-52(18-5-1)54-33-35-56(36-34-54)64-25-16-30-72-76(64)71-50-49-63(51-73(71)79(72,59-21-8-3-9-22-59)60-43-37-55(38-44-60)53-19-6-2-7-20-53)80(61-45-39-57(40-46-61)65-26-14-28-69-67-23-10-12-31-74(67)81-77(65)69)62-47-41-58(42-48-62)66-27-15-29-70-68-24-11-13-32-75(68)82-78(66)70/h1-51H. The van der Waals surface area contributed by atoms with Gasteiger partial charge in [-0.1, -0.05) is 261 Å². The van der Waals surface area contributed by atoms with Crippen molar-refractivity contribution in [1.82, 2.24) is 0 Å². The van der Waals surface area contributed by atoms with Crippen molar-refractivity contribution in [2.24, 2.45) is 0 Å². The van der Waals surface area contributed by atoms with Crippen LogP contribution in [0.3, 0.4) is 0 Å². The molecule has 2 heterocycles. The van der Waals surface area contributed by atoms with Crippen LogP contribution >= 0.6 is 0 Å². The molecular weight excluding hydrogens is 995 g/mol. The largest absolute Gasteiger partial charge is 0.455 e. The van der Waals surface area contributed by atoms with Gasteiger partial charge in [0.2, 0.25) is 0 Å². The van der Waals surface area contributed by atoms with E-state index in [2.05, 4.69) is 290 Å². The number of anilines is 3. The summed E-state index contributed by atoms with van der Waals surface area (Å²) in [5.41, 5.74) is 24.7. The van der Waals surface area contributed by atoms with Gasteiger partial charge in [-0.05, 0) is 126 Å². The summed E-state index contributed by atoms with van der Waals surface area (Å²) in [6.07, 6.45) is 0. The fraction of sp³-hybridized carbons (Fsp3) is 0.0127. The third-order valence-electron chi connectivity index (χ3n) is 17.0. The summed E-state index contributed by atoms with van der Waals surface area (Å²) < 4.78 is 13.2. The van der Waals surface area contributed by atoms with Crippen LogP contribution in [0.4, 0.5) is 17.1 Å². The first kappa shape index (κ1) is 47.3. The summed E-state index contributed by atoms with van der Waals surface area (Å²) in [7, 11) is 0. The minimum Gasteiger partial charge on any atom is -0.455 e. The van der Waals surface area contributed by atoms with E-state index in [-0.39, 0.29) is 0 Å². The zero-order valence-electron chi connectivity index (χ0n) is 44.7. The number of para-hydroxylation sites is 4. The molecule has 15 aromatic rings. The number of rotatable bonds is 10. The summed E-state index contributed by atoms with van der Waals surface area (Å²) >= 11 is 0. The third-order valence-corrected chi connectivity index (χ3v) is 17.0. The Morgan fingerprint density at radius 3 is 1.18 bits per heavy atom. The zero-order valence-corrected chi connectivity index (χ0v) is 44.7. The SMILES string of the molecule is c1ccc(-c2ccc(-c3cccc4c3-c3ccc(N(c5ccc(-c6cccc7c6oc6ccccc67)cc5)c5ccc(-c6cccc7c6oc6ccccc67)cc5)cc3C4(c3ccccc3)c3ccc(-c4ccccc4)cc3)cc2)cc1. The number of hydrogen-bond donors (Lipinski definition) is 0. The molecular formula is C79H51NO2. The molecule has 1 aliphatic rings. The van der Waals surface area contributed by atoms with E-state index in [0.717, 1.165) is 83.2 Å². The molecule has 0 saturated heterocycles.